The van der Waals surface area contributed by atoms with E-state index in [4.69, 9.17) is 9.53 Å². The van der Waals surface area contributed by atoms with Gasteiger partial charge in [-0.15, -0.1) is 0 Å². The van der Waals surface area contributed by atoms with E-state index in [0.29, 0.717) is 0 Å². The Morgan fingerprint density at radius 3 is 1.94 bits per heavy atom. The van der Waals surface area contributed by atoms with Crippen LogP contribution in [0.5, 0.6) is 5.75 Å². The van der Waals surface area contributed by atoms with Crippen molar-refractivity contribution in [1.29, 1.82) is 0 Å². The molecule has 96 valence electrons. The van der Waals surface area contributed by atoms with Crippen LogP contribution in [0.3, 0.4) is 0 Å². The highest BCUT2D eigenvalue weighted by atomic mass is 28.4. The van der Waals surface area contributed by atoms with E-state index in [1.807, 2.05) is 24.3 Å². The first-order valence-electron chi connectivity index (χ1n) is 6.58. The van der Waals surface area contributed by atoms with Gasteiger partial charge >= 0.3 is 0 Å². The summed E-state index contributed by atoms with van der Waals surface area (Å²) in [6.45, 7) is 6.91. The van der Waals surface area contributed by atoms with Crippen LogP contribution in [0.2, 0.25) is 18.1 Å². The third kappa shape index (κ3) is 3.86. The maximum atomic E-state index is 8.87. The molecule has 0 atom stereocenters. The standard InChI is InChI=1S/C14H24O2Si/c1-4-17(5-2,6-3)16-14-9-7-13(8-10-14)11-12-15/h7-10,15H,4-6,11-12H2,1-3H3. The van der Waals surface area contributed by atoms with Gasteiger partial charge in [-0.05, 0) is 42.2 Å². The monoisotopic (exact) mass is 252 g/mol. The molecule has 0 heterocycles. The van der Waals surface area contributed by atoms with E-state index in [2.05, 4.69) is 20.8 Å². The molecule has 0 aromatic heterocycles. The molecule has 1 rings (SSSR count). The highest BCUT2D eigenvalue weighted by Crippen LogP contribution is 2.25. The van der Waals surface area contributed by atoms with Crippen LogP contribution < -0.4 is 4.43 Å². The van der Waals surface area contributed by atoms with Crippen molar-refractivity contribution in [2.75, 3.05) is 6.61 Å². The highest BCUT2D eigenvalue weighted by Gasteiger charge is 2.30. The predicted octanol–water partition coefficient (Wildman–Crippen LogP) is 3.61. The van der Waals surface area contributed by atoms with Crippen LogP contribution in [0.25, 0.3) is 0 Å². The fourth-order valence-electron chi connectivity index (χ4n) is 2.07. The van der Waals surface area contributed by atoms with Crippen molar-refractivity contribution in [2.45, 2.75) is 45.3 Å². The van der Waals surface area contributed by atoms with Crippen molar-refractivity contribution >= 4 is 8.32 Å². The van der Waals surface area contributed by atoms with Gasteiger partial charge in [0.15, 0.2) is 0 Å². The van der Waals surface area contributed by atoms with Gasteiger partial charge < -0.3 is 9.53 Å². The Kier molecular flexibility index (Phi) is 5.72. The van der Waals surface area contributed by atoms with Gasteiger partial charge in [0.2, 0.25) is 8.32 Å². The molecule has 0 spiro atoms. The van der Waals surface area contributed by atoms with Crippen LogP contribution in [-0.4, -0.2) is 20.0 Å². The number of benzene rings is 1. The number of hydrogen-bond acceptors (Lipinski definition) is 2. The Morgan fingerprint density at radius 1 is 1.00 bits per heavy atom. The summed E-state index contributed by atoms with van der Waals surface area (Å²) in [6, 6.07) is 11.7. The molecular formula is C14H24O2Si. The predicted molar refractivity (Wildman–Crippen MR) is 75.1 cm³/mol. The van der Waals surface area contributed by atoms with Gasteiger partial charge in [0, 0.05) is 6.61 Å². The maximum Gasteiger partial charge on any atom is 0.250 e. The minimum Gasteiger partial charge on any atom is -0.544 e. The lowest BCUT2D eigenvalue weighted by Gasteiger charge is -2.29. The lowest BCUT2D eigenvalue weighted by Crippen LogP contribution is -2.39. The average Bonchev–Trinajstić information content (AvgIpc) is 2.39. The van der Waals surface area contributed by atoms with Gasteiger partial charge in [0.25, 0.3) is 0 Å². The summed E-state index contributed by atoms with van der Waals surface area (Å²) in [6.07, 6.45) is 0.720. The quantitative estimate of drug-likeness (QED) is 0.751. The van der Waals surface area contributed by atoms with Crippen molar-refractivity contribution in [2.24, 2.45) is 0 Å². The molecular weight excluding hydrogens is 228 g/mol. The Labute approximate surface area is 106 Å². The molecule has 0 saturated carbocycles. The zero-order chi connectivity index (χ0) is 12.7. The Morgan fingerprint density at radius 2 is 1.53 bits per heavy atom. The highest BCUT2D eigenvalue weighted by molar-refractivity contribution is 6.74. The van der Waals surface area contributed by atoms with E-state index in [1.165, 1.54) is 18.1 Å². The molecule has 0 fully saturated rings. The van der Waals surface area contributed by atoms with Crippen molar-refractivity contribution in [3.63, 3.8) is 0 Å². The molecule has 0 unspecified atom stereocenters. The molecule has 1 N–H and O–H groups in total. The van der Waals surface area contributed by atoms with Crippen molar-refractivity contribution in [3.8, 4) is 5.75 Å². The van der Waals surface area contributed by atoms with E-state index in [-0.39, 0.29) is 6.61 Å². The summed E-state index contributed by atoms with van der Waals surface area (Å²) in [5.74, 6) is 0.990. The fourth-order valence-corrected chi connectivity index (χ4v) is 4.64. The molecule has 1 aromatic carbocycles. The third-order valence-electron chi connectivity index (χ3n) is 3.59. The van der Waals surface area contributed by atoms with E-state index >= 15 is 0 Å². The topological polar surface area (TPSA) is 29.5 Å². The zero-order valence-corrected chi connectivity index (χ0v) is 12.2. The van der Waals surface area contributed by atoms with Gasteiger partial charge in [0.1, 0.15) is 5.75 Å². The first kappa shape index (κ1) is 14.3. The second-order valence-corrected chi connectivity index (χ2v) is 9.15. The van der Waals surface area contributed by atoms with Gasteiger partial charge in [-0.1, -0.05) is 32.9 Å². The number of rotatable bonds is 7. The van der Waals surface area contributed by atoms with E-state index in [9.17, 15) is 0 Å². The smallest absolute Gasteiger partial charge is 0.250 e. The minimum atomic E-state index is -1.54. The summed E-state index contributed by atoms with van der Waals surface area (Å²) < 4.78 is 6.26. The molecule has 1 aromatic rings. The normalized spacial score (nSPS) is 11.5. The van der Waals surface area contributed by atoms with Crippen molar-refractivity contribution < 1.29 is 9.53 Å². The summed E-state index contributed by atoms with van der Waals surface area (Å²) in [5.41, 5.74) is 1.16. The lowest BCUT2D eigenvalue weighted by atomic mass is 10.2. The molecule has 0 saturated heterocycles. The van der Waals surface area contributed by atoms with Crippen LogP contribution in [0.4, 0.5) is 0 Å². The molecule has 0 radical (unpaired) electrons. The van der Waals surface area contributed by atoms with Gasteiger partial charge in [-0.25, -0.2) is 0 Å². The van der Waals surface area contributed by atoms with Gasteiger partial charge in [-0.3, -0.25) is 0 Å². The molecule has 0 aliphatic carbocycles. The second-order valence-electron chi connectivity index (χ2n) is 4.46. The molecule has 0 amide bonds. The van der Waals surface area contributed by atoms with Crippen LogP contribution >= 0.6 is 0 Å². The van der Waals surface area contributed by atoms with Crippen molar-refractivity contribution in [3.05, 3.63) is 29.8 Å². The van der Waals surface area contributed by atoms with Crippen LogP contribution in [0.15, 0.2) is 24.3 Å². The SMILES string of the molecule is CC[Si](CC)(CC)Oc1ccc(CCO)cc1. The molecule has 0 bridgehead atoms. The minimum absolute atomic E-state index is 0.206. The molecule has 0 aliphatic heterocycles. The average molecular weight is 252 g/mol. The van der Waals surface area contributed by atoms with E-state index in [0.717, 1.165) is 17.7 Å². The lowest BCUT2D eigenvalue weighted by molar-refractivity contribution is 0.299. The molecule has 3 heteroatoms. The molecule has 2 nitrogen and oxygen atoms in total. The Bertz CT molecular complexity index is 309. The number of hydrogen-bond donors (Lipinski definition) is 1. The Hall–Kier alpha value is -0.803. The number of aliphatic hydroxyl groups excluding tert-OH is 1. The van der Waals surface area contributed by atoms with Crippen LogP contribution in [0, 0.1) is 0 Å². The first-order chi connectivity index (χ1) is 8.19. The zero-order valence-electron chi connectivity index (χ0n) is 11.2. The van der Waals surface area contributed by atoms with Crippen LogP contribution in [0.1, 0.15) is 26.3 Å². The van der Waals surface area contributed by atoms with Gasteiger partial charge in [-0.2, -0.15) is 0 Å². The summed E-state index contributed by atoms with van der Waals surface area (Å²) in [7, 11) is -1.54. The number of aliphatic hydroxyl groups is 1. The second kappa shape index (κ2) is 6.82. The Balaban J connectivity index is 2.73. The summed E-state index contributed by atoms with van der Waals surface area (Å²) >= 11 is 0. The first-order valence-corrected chi connectivity index (χ1v) is 9.11. The molecule has 17 heavy (non-hydrogen) atoms. The molecule has 0 aliphatic rings. The van der Waals surface area contributed by atoms with Crippen molar-refractivity contribution in [1.82, 2.24) is 0 Å². The van der Waals surface area contributed by atoms with Gasteiger partial charge in [0.05, 0.1) is 0 Å². The van der Waals surface area contributed by atoms with E-state index < -0.39 is 8.32 Å². The van der Waals surface area contributed by atoms with E-state index in [1.54, 1.807) is 0 Å². The fraction of sp³-hybridized carbons (Fsp3) is 0.571. The van der Waals surface area contributed by atoms with Crippen LogP contribution in [-0.2, 0) is 6.42 Å². The maximum absolute atomic E-state index is 8.87. The summed E-state index contributed by atoms with van der Waals surface area (Å²) in [4.78, 5) is 0. The largest absolute Gasteiger partial charge is 0.544 e. The third-order valence-corrected chi connectivity index (χ3v) is 8.13. The summed E-state index contributed by atoms with van der Waals surface area (Å²) in [5, 5.41) is 8.87.